The molecule has 2 atom stereocenters. The van der Waals surface area contributed by atoms with Gasteiger partial charge in [0, 0.05) is 33.1 Å². The van der Waals surface area contributed by atoms with Gasteiger partial charge in [0.25, 0.3) is 0 Å². The van der Waals surface area contributed by atoms with Gasteiger partial charge in [0.05, 0.1) is 0 Å². The minimum absolute atomic E-state index is 0. The number of carboxylic acids is 1. The zero-order valence-corrected chi connectivity index (χ0v) is 11.7. The summed E-state index contributed by atoms with van der Waals surface area (Å²) in [7, 11) is 0. The van der Waals surface area contributed by atoms with Crippen LogP contribution in [-0.2, 0) is 35.5 Å². The van der Waals surface area contributed by atoms with Crippen molar-refractivity contribution < 1.29 is 40.6 Å². The van der Waals surface area contributed by atoms with Gasteiger partial charge < -0.3 is 21.4 Å². The average molecular weight is 428 g/mol. The molecular formula is C9H19N3O4Pt. The van der Waals surface area contributed by atoms with E-state index in [0.717, 1.165) is 12.8 Å². The first-order valence-corrected chi connectivity index (χ1v) is 5.10. The second-order valence-corrected chi connectivity index (χ2v) is 3.67. The number of nitrogens with two attached hydrogens (primary N) is 3. The van der Waals surface area contributed by atoms with E-state index < -0.39 is 18.4 Å². The standard InChI is InChI=1S/C6H14N2.C3H5NO4.Pt/c7-5-3-1-2-4-6(5)8;4-8-3(7)1-2(5)6;/h5-6H,1-4,7-8H2;1,4H2,(H,5,6);. The van der Waals surface area contributed by atoms with Gasteiger partial charge in [-0.2, -0.15) is 5.90 Å². The second kappa shape index (κ2) is 10.6. The Labute approximate surface area is 114 Å². The van der Waals surface area contributed by atoms with Crippen molar-refractivity contribution in [2.24, 2.45) is 17.4 Å². The van der Waals surface area contributed by atoms with Crippen LogP contribution in [0.15, 0.2) is 0 Å². The maximum absolute atomic E-state index is 9.89. The Morgan fingerprint density at radius 1 is 1.18 bits per heavy atom. The summed E-state index contributed by atoms with van der Waals surface area (Å²) in [6.45, 7) is 0. The minimum Gasteiger partial charge on any atom is -0.481 e. The Morgan fingerprint density at radius 2 is 1.59 bits per heavy atom. The van der Waals surface area contributed by atoms with Gasteiger partial charge in [-0.05, 0) is 12.8 Å². The summed E-state index contributed by atoms with van der Waals surface area (Å²) in [5.41, 5.74) is 11.3. The first-order valence-electron chi connectivity index (χ1n) is 5.10. The van der Waals surface area contributed by atoms with Crippen molar-refractivity contribution in [3.63, 3.8) is 0 Å². The van der Waals surface area contributed by atoms with E-state index in [4.69, 9.17) is 16.6 Å². The van der Waals surface area contributed by atoms with Gasteiger partial charge in [-0.15, -0.1) is 0 Å². The molecule has 17 heavy (non-hydrogen) atoms. The van der Waals surface area contributed by atoms with Crippen molar-refractivity contribution in [3.8, 4) is 0 Å². The van der Waals surface area contributed by atoms with E-state index in [9.17, 15) is 9.59 Å². The Hall–Kier alpha value is -0.492. The molecule has 0 bridgehead atoms. The van der Waals surface area contributed by atoms with E-state index in [1.54, 1.807) is 0 Å². The van der Waals surface area contributed by atoms with Gasteiger partial charge in [-0.3, -0.25) is 4.79 Å². The maximum Gasteiger partial charge on any atom is 0.335 e. The smallest absolute Gasteiger partial charge is 0.335 e. The van der Waals surface area contributed by atoms with E-state index >= 15 is 0 Å². The second-order valence-electron chi connectivity index (χ2n) is 3.67. The van der Waals surface area contributed by atoms with Crippen LogP contribution in [0.2, 0.25) is 0 Å². The molecule has 1 saturated carbocycles. The number of aliphatic carboxylic acids is 1. The molecule has 1 fully saturated rings. The molecule has 0 aromatic rings. The minimum atomic E-state index is -1.25. The summed E-state index contributed by atoms with van der Waals surface area (Å²) >= 11 is 0. The third-order valence-electron chi connectivity index (χ3n) is 2.30. The number of carbonyl (C=O) groups is 2. The fourth-order valence-corrected chi connectivity index (χ4v) is 1.35. The number of rotatable bonds is 2. The number of hydrogen-bond donors (Lipinski definition) is 4. The van der Waals surface area contributed by atoms with Crippen LogP contribution in [0.3, 0.4) is 0 Å². The average Bonchev–Trinajstić information content (AvgIpc) is 2.22. The Kier molecular flexibility index (Phi) is 11.8. The fraction of sp³-hybridized carbons (Fsp3) is 0.778. The SMILES string of the molecule is NC1CCCCC1N.NOC(=O)CC(=O)O.[Pt]. The van der Waals surface area contributed by atoms with Gasteiger partial charge in [0.1, 0.15) is 6.42 Å². The molecule has 104 valence electrons. The van der Waals surface area contributed by atoms with Crippen molar-refractivity contribution in [2.45, 2.75) is 44.2 Å². The molecule has 2 unspecified atom stereocenters. The molecule has 7 N–H and O–H groups in total. The van der Waals surface area contributed by atoms with E-state index in [-0.39, 0.29) is 33.1 Å². The molecule has 0 aromatic carbocycles. The van der Waals surface area contributed by atoms with Gasteiger partial charge in [0.15, 0.2) is 0 Å². The first-order chi connectivity index (χ1) is 7.47. The fourth-order valence-electron chi connectivity index (χ4n) is 1.35. The number of carboxylic acid groups (broad SMARTS) is 1. The Bertz CT molecular complexity index is 230. The summed E-state index contributed by atoms with van der Waals surface area (Å²) in [6.07, 6.45) is 4.11. The molecule has 1 aliphatic carbocycles. The van der Waals surface area contributed by atoms with Crippen LogP contribution in [0, 0.1) is 0 Å². The van der Waals surface area contributed by atoms with E-state index in [2.05, 4.69) is 10.7 Å². The molecule has 1 aliphatic rings. The predicted molar refractivity (Wildman–Crippen MR) is 57.0 cm³/mol. The van der Waals surface area contributed by atoms with Gasteiger partial charge in [-0.1, -0.05) is 12.8 Å². The Morgan fingerprint density at radius 3 is 1.76 bits per heavy atom. The summed E-state index contributed by atoms with van der Waals surface area (Å²) in [4.78, 5) is 23.0. The monoisotopic (exact) mass is 428 g/mol. The third-order valence-corrected chi connectivity index (χ3v) is 2.30. The zero-order valence-electron chi connectivity index (χ0n) is 9.41. The third kappa shape index (κ3) is 10.4. The van der Waals surface area contributed by atoms with E-state index in [1.165, 1.54) is 12.8 Å². The maximum atomic E-state index is 9.89. The molecule has 0 aliphatic heterocycles. The summed E-state index contributed by atoms with van der Waals surface area (Å²) in [6, 6.07) is 0.562. The summed E-state index contributed by atoms with van der Waals surface area (Å²) in [5.74, 6) is 2.11. The molecule has 0 amide bonds. The van der Waals surface area contributed by atoms with Gasteiger partial charge in [-0.25, -0.2) is 4.79 Å². The molecule has 1 rings (SSSR count). The van der Waals surface area contributed by atoms with Crippen LogP contribution in [0.1, 0.15) is 32.1 Å². The van der Waals surface area contributed by atoms with Crippen LogP contribution in [0.5, 0.6) is 0 Å². The van der Waals surface area contributed by atoms with Crippen LogP contribution in [-0.4, -0.2) is 29.1 Å². The van der Waals surface area contributed by atoms with Crippen molar-refractivity contribution in [1.82, 2.24) is 0 Å². The van der Waals surface area contributed by atoms with Crippen molar-refractivity contribution in [1.29, 1.82) is 0 Å². The van der Waals surface area contributed by atoms with Crippen LogP contribution in [0.25, 0.3) is 0 Å². The first kappa shape index (κ1) is 18.9. The largest absolute Gasteiger partial charge is 0.481 e. The van der Waals surface area contributed by atoms with Crippen LogP contribution < -0.4 is 17.4 Å². The number of hydrogen-bond acceptors (Lipinski definition) is 6. The molecule has 0 radical (unpaired) electrons. The van der Waals surface area contributed by atoms with E-state index in [0.29, 0.717) is 0 Å². The molecule has 7 nitrogen and oxygen atoms in total. The van der Waals surface area contributed by atoms with Gasteiger partial charge >= 0.3 is 11.9 Å². The molecule has 0 saturated heterocycles. The van der Waals surface area contributed by atoms with E-state index in [1.807, 2.05) is 0 Å². The molecular weight excluding hydrogens is 409 g/mol. The number of carbonyl (C=O) groups excluding carboxylic acids is 1. The van der Waals surface area contributed by atoms with Crippen LogP contribution >= 0.6 is 0 Å². The van der Waals surface area contributed by atoms with Crippen LogP contribution in [0.4, 0.5) is 0 Å². The molecule has 0 aromatic heterocycles. The van der Waals surface area contributed by atoms with Crippen molar-refractivity contribution in [2.75, 3.05) is 0 Å². The predicted octanol–water partition coefficient (Wildman–Crippen LogP) is -0.909. The topological polar surface area (TPSA) is 142 Å². The van der Waals surface area contributed by atoms with Gasteiger partial charge in [0.2, 0.25) is 0 Å². The molecule has 0 heterocycles. The van der Waals surface area contributed by atoms with Crippen molar-refractivity contribution >= 4 is 11.9 Å². The quantitative estimate of drug-likeness (QED) is 0.330. The van der Waals surface area contributed by atoms with Crippen molar-refractivity contribution in [3.05, 3.63) is 0 Å². The Balaban J connectivity index is 0. The molecule has 0 spiro atoms. The normalized spacial score (nSPS) is 22.5. The summed E-state index contributed by atoms with van der Waals surface area (Å²) < 4.78 is 0. The zero-order chi connectivity index (χ0) is 12.6. The summed E-state index contributed by atoms with van der Waals surface area (Å²) in [5, 5.41) is 7.86. The molecule has 8 heteroatoms.